The minimum Gasteiger partial charge on any atom is -0.356 e. The molecule has 0 aliphatic carbocycles. The fourth-order valence-corrected chi connectivity index (χ4v) is 5.06. The molecule has 0 spiro atoms. The molecule has 1 N–H and O–H groups in total. The molecule has 1 aromatic heterocycles. The zero-order valence-corrected chi connectivity index (χ0v) is 17.0. The number of nitrogens with one attached hydrogen (secondary N) is 1. The molecule has 3 heterocycles. The topological polar surface area (TPSA) is 56.4 Å². The Morgan fingerprint density at radius 3 is 2.55 bits per heavy atom. The largest absolute Gasteiger partial charge is 0.356 e. The van der Waals surface area contributed by atoms with Crippen molar-refractivity contribution in [1.82, 2.24) is 14.8 Å². The number of fused-ring (bicyclic) bond motifs is 5. The Labute approximate surface area is 170 Å². The summed E-state index contributed by atoms with van der Waals surface area (Å²) in [5.41, 5.74) is 4.45. The van der Waals surface area contributed by atoms with Gasteiger partial charge in [0, 0.05) is 30.4 Å². The molecule has 29 heavy (non-hydrogen) atoms. The number of amides is 2. The fraction of sp³-hybridized carbons (Fsp3) is 0.333. The van der Waals surface area contributed by atoms with Gasteiger partial charge in [-0.25, -0.2) is 0 Å². The van der Waals surface area contributed by atoms with Gasteiger partial charge in [0.15, 0.2) is 5.54 Å². The van der Waals surface area contributed by atoms with Gasteiger partial charge in [0.1, 0.15) is 0 Å². The maximum atomic E-state index is 13.3. The lowest BCUT2D eigenvalue weighted by molar-refractivity contribution is -0.164. The number of para-hydroxylation sites is 1. The van der Waals surface area contributed by atoms with Gasteiger partial charge in [-0.2, -0.15) is 0 Å². The van der Waals surface area contributed by atoms with Gasteiger partial charge in [-0.3, -0.25) is 9.59 Å². The van der Waals surface area contributed by atoms with Gasteiger partial charge in [-0.05, 0) is 36.1 Å². The van der Waals surface area contributed by atoms with Crippen molar-refractivity contribution < 1.29 is 9.59 Å². The molecular weight excluding hydrogens is 362 g/mol. The van der Waals surface area contributed by atoms with Gasteiger partial charge in [-0.1, -0.05) is 49.4 Å². The van der Waals surface area contributed by atoms with Crippen molar-refractivity contribution in [2.45, 2.75) is 31.7 Å². The smallest absolute Gasteiger partial charge is 0.254 e. The van der Waals surface area contributed by atoms with Gasteiger partial charge >= 0.3 is 0 Å². The maximum Gasteiger partial charge on any atom is 0.254 e. The van der Waals surface area contributed by atoms with E-state index in [0.29, 0.717) is 6.54 Å². The lowest BCUT2D eigenvalue weighted by Crippen LogP contribution is -2.66. The van der Waals surface area contributed by atoms with Crippen LogP contribution in [0.4, 0.5) is 0 Å². The molecule has 1 fully saturated rings. The molecule has 2 aromatic carbocycles. The molecule has 1 saturated heterocycles. The first-order chi connectivity index (χ1) is 13.9. The summed E-state index contributed by atoms with van der Waals surface area (Å²) in [6.45, 7) is 4.67. The van der Waals surface area contributed by atoms with Crippen molar-refractivity contribution >= 4 is 22.7 Å². The Hall–Kier alpha value is -3.08. The van der Waals surface area contributed by atoms with Crippen LogP contribution in [0.1, 0.15) is 42.1 Å². The van der Waals surface area contributed by atoms with Crippen molar-refractivity contribution in [2.24, 2.45) is 0 Å². The van der Waals surface area contributed by atoms with E-state index in [9.17, 15) is 9.59 Å². The number of nitrogens with zero attached hydrogens (tertiary/aromatic N) is 2. The van der Waals surface area contributed by atoms with E-state index in [1.54, 1.807) is 16.8 Å². The standard InChI is InChI=1S/C24H25N3O2/c1-4-15-9-11-16(12-10-15)18-13-27-20(28)14-26(3)23(29)24(27,2)22-21(18)17-7-5-6-8-19(17)25-22/h5-12,18,25H,4,13-14H2,1-3H3/t18-,24+/m0/s1. The van der Waals surface area contributed by atoms with Crippen LogP contribution in [0.15, 0.2) is 48.5 Å². The van der Waals surface area contributed by atoms with Crippen LogP contribution in [0.25, 0.3) is 10.9 Å². The molecule has 5 rings (SSSR count). The number of aromatic amines is 1. The zero-order valence-electron chi connectivity index (χ0n) is 17.0. The number of H-pyrrole nitrogens is 1. The first-order valence-corrected chi connectivity index (χ1v) is 10.2. The summed E-state index contributed by atoms with van der Waals surface area (Å²) in [7, 11) is 1.71. The number of hydrogen-bond acceptors (Lipinski definition) is 2. The molecule has 5 heteroatoms. The van der Waals surface area contributed by atoms with Crippen molar-refractivity contribution in [3.63, 3.8) is 0 Å². The van der Waals surface area contributed by atoms with Crippen LogP contribution in [-0.2, 0) is 21.5 Å². The van der Waals surface area contributed by atoms with Crippen molar-refractivity contribution in [3.05, 3.63) is 70.9 Å². The van der Waals surface area contributed by atoms with E-state index in [-0.39, 0.29) is 24.3 Å². The first-order valence-electron chi connectivity index (χ1n) is 10.2. The Morgan fingerprint density at radius 2 is 1.83 bits per heavy atom. The van der Waals surface area contributed by atoms with Crippen molar-refractivity contribution in [1.29, 1.82) is 0 Å². The highest BCUT2D eigenvalue weighted by Gasteiger charge is 2.55. The van der Waals surface area contributed by atoms with Crippen LogP contribution in [0, 0.1) is 0 Å². The summed E-state index contributed by atoms with van der Waals surface area (Å²) >= 11 is 0. The summed E-state index contributed by atoms with van der Waals surface area (Å²) in [4.78, 5) is 33.2. The molecule has 0 unspecified atom stereocenters. The van der Waals surface area contributed by atoms with E-state index in [0.717, 1.165) is 28.6 Å². The number of hydrogen-bond donors (Lipinski definition) is 1. The van der Waals surface area contributed by atoms with Gasteiger partial charge in [0.25, 0.3) is 5.91 Å². The molecule has 0 radical (unpaired) electrons. The lowest BCUT2D eigenvalue weighted by Gasteiger charge is -2.50. The highest BCUT2D eigenvalue weighted by Crippen LogP contribution is 2.47. The third kappa shape index (κ3) is 2.40. The number of likely N-dealkylation sites (N-methyl/N-ethyl adjacent to an activating group) is 1. The minimum atomic E-state index is -1.00. The first kappa shape index (κ1) is 18.0. The lowest BCUT2D eigenvalue weighted by atomic mass is 9.76. The second-order valence-electron chi connectivity index (χ2n) is 8.34. The zero-order chi connectivity index (χ0) is 20.3. The summed E-state index contributed by atoms with van der Waals surface area (Å²) in [6, 6.07) is 16.8. The van der Waals surface area contributed by atoms with Gasteiger partial charge in [0.2, 0.25) is 5.91 Å². The Morgan fingerprint density at radius 1 is 1.10 bits per heavy atom. The average molecular weight is 387 g/mol. The minimum absolute atomic E-state index is 0.00548. The number of carbonyl (C=O) groups is 2. The molecule has 0 saturated carbocycles. The maximum absolute atomic E-state index is 13.3. The fourth-order valence-electron chi connectivity index (χ4n) is 5.06. The van der Waals surface area contributed by atoms with Crippen LogP contribution in [-0.4, -0.2) is 46.7 Å². The van der Waals surface area contributed by atoms with Crippen molar-refractivity contribution in [2.75, 3.05) is 20.1 Å². The number of carbonyl (C=O) groups excluding carboxylic acids is 2. The van der Waals surface area contributed by atoms with Crippen LogP contribution in [0.5, 0.6) is 0 Å². The Kier molecular flexibility index (Phi) is 3.85. The molecule has 2 aliphatic rings. The summed E-state index contributed by atoms with van der Waals surface area (Å²) < 4.78 is 0. The quantitative estimate of drug-likeness (QED) is 0.733. The van der Waals surface area contributed by atoms with Crippen LogP contribution in [0.3, 0.4) is 0 Å². The summed E-state index contributed by atoms with van der Waals surface area (Å²) in [5, 5.41) is 1.13. The molecule has 0 bridgehead atoms. The predicted molar refractivity (Wildman–Crippen MR) is 113 cm³/mol. The number of benzene rings is 2. The molecule has 2 atom stereocenters. The predicted octanol–water partition coefficient (Wildman–Crippen LogP) is 3.39. The molecule has 3 aromatic rings. The highest BCUT2D eigenvalue weighted by atomic mass is 16.2. The average Bonchev–Trinajstić information content (AvgIpc) is 3.13. The Bertz CT molecular complexity index is 1130. The van der Waals surface area contributed by atoms with Crippen molar-refractivity contribution in [3.8, 4) is 0 Å². The van der Waals surface area contributed by atoms with Crippen LogP contribution in [0.2, 0.25) is 0 Å². The van der Waals surface area contributed by atoms with E-state index in [2.05, 4.69) is 42.2 Å². The second-order valence-corrected chi connectivity index (χ2v) is 8.34. The molecule has 148 valence electrons. The number of rotatable bonds is 2. The second kappa shape index (κ2) is 6.21. The number of piperazine rings is 1. The Balaban J connectivity index is 1.77. The monoisotopic (exact) mass is 387 g/mol. The third-order valence-corrected chi connectivity index (χ3v) is 6.71. The van der Waals surface area contributed by atoms with E-state index in [1.807, 2.05) is 25.1 Å². The van der Waals surface area contributed by atoms with Gasteiger partial charge in [-0.15, -0.1) is 0 Å². The van der Waals surface area contributed by atoms with Crippen LogP contribution < -0.4 is 0 Å². The SMILES string of the molecule is CCc1ccc([C@@H]2CN3C(=O)CN(C)C(=O)[C@@]3(C)c3[nH]c4ccccc4c32)cc1. The van der Waals surface area contributed by atoms with Crippen LogP contribution >= 0.6 is 0 Å². The molecular formula is C24H25N3O2. The van der Waals surface area contributed by atoms with E-state index >= 15 is 0 Å². The summed E-state index contributed by atoms with van der Waals surface area (Å²) in [5.74, 6) is -0.0148. The van der Waals surface area contributed by atoms with E-state index in [4.69, 9.17) is 0 Å². The highest BCUT2D eigenvalue weighted by molar-refractivity contribution is 6.01. The third-order valence-electron chi connectivity index (χ3n) is 6.71. The number of aryl methyl sites for hydroxylation is 1. The number of aromatic nitrogens is 1. The van der Waals surface area contributed by atoms with Gasteiger partial charge < -0.3 is 14.8 Å². The normalized spacial score (nSPS) is 24.0. The van der Waals surface area contributed by atoms with Gasteiger partial charge in [0.05, 0.1) is 12.2 Å². The molecule has 2 amide bonds. The molecule has 5 nitrogen and oxygen atoms in total. The van der Waals surface area contributed by atoms with E-state index in [1.165, 1.54) is 11.1 Å². The summed E-state index contributed by atoms with van der Waals surface area (Å²) in [6.07, 6.45) is 0.993. The van der Waals surface area contributed by atoms with E-state index < -0.39 is 5.54 Å². The molecule has 2 aliphatic heterocycles.